The highest BCUT2D eigenvalue weighted by Gasteiger charge is 2.50. The molecule has 2 N–H and O–H groups in total. The number of benzene rings is 2. The molecule has 1 saturated carbocycles. The van der Waals surface area contributed by atoms with E-state index in [4.69, 9.17) is 0 Å². The zero-order valence-electron chi connectivity index (χ0n) is 20.5. The zero-order chi connectivity index (χ0) is 25.7. The van der Waals surface area contributed by atoms with Gasteiger partial charge in [0.15, 0.2) is 0 Å². The second-order valence-corrected chi connectivity index (χ2v) is 11.8. The Morgan fingerprint density at radius 2 is 2.00 bits per heavy atom. The molecule has 0 radical (unpaired) electrons. The van der Waals surface area contributed by atoms with Gasteiger partial charge in [-0.25, -0.2) is 4.39 Å². The first-order valence-electron chi connectivity index (χ1n) is 12.5. The second-order valence-electron chi connectivity index (χ2n) is 10.9. The van der Waals surface area contributed by atoms with E-state index in [1.165, 1.54) is 6.07 Å². The third kappa shape index (κ3) is 4.78. The molecule has 3 aromatic rings. The predicted octanol–water partition coefficient (Wildman–Crippen LogP) is 4.89. The summed E-state index contributed by atoms with van der Waals surface area (Å²) in [7, 11) is 0. The Morgan fingerprint density at radius 3 is 2.69 bits per heavy atom. The molecule has 3 atom stereocenters. The Labute approximate surface area is 218 Å². The molecule has 6 nitrogen and oxygen atoms in total. The number of aliphatic hydroxyl groups is 2. The van der Waals surface area contributed by atoms with E-state index in [1.807, 2.05) is 13.8 Å². The average Bonchev–Trinajstić information content (AvgIpc) is 3.15. The van der Waals surface area contributed by atoms with Crippen LogP contribution < -0.4 is 0 Å². The van der Waals surface area contributed by atoms with E-state index in [0.717, 1.165) is 31.1 Å². The van der Waals surface area contributed by atoms with E-state index in [0.29, 0.717) is 26.7 Å². The lowest BCUT2D eigenvalue weighted by Crippen LogP contribution is -2.66. The molecule has 2 unspecified atom stereocenters. The number of hydrogen-bond acceptors (Lipinski definition) is 5. The lowest BCUT2D eigenvalue weighted by atomic mass is 9.74. The summed E-state index contributed by atoms with van der Waals surface area (Å²) in [6.07, 6.45) is 5.30. The van der Waals surface area contributed by atoms with Gasteiger partial charge in [0.1, 0.15) is 11.4 Å². The van der Waals surface area contributed by atoms with Gasteiger partial charge in [0.2, 0.25) is 0 Å². The maximum Gasteiger partial charge on any atom is 0.254 e. The molecule has 2 aromatic carbocycles. The van der Waals surface area contributed by atoms with Gasteiger partial charge in [-0.3, -0.25) is 4.79 Å². The lowest BCUT2D eigenvalue weighted by Gasteiger charge is -2.50. The van der Waals surface area contributed by atoms with Crippen molar-refractivity contribution in [3.63, 3.8) is 0 Å². The first-order valence-corrected chi connectivity index (χ1v) is 13.3. The van der Waals surface area contributed by atoms with Gasteiger partial charge in [-0.1, -0.05) is 35.3 Å². The van der Waals surface area contributed by atoms with Crippen molar-refractivity contribution in [3.05, 3.63) is 69.6 Å². The predicted molar refractivity (Wildman–Crippen MR) is 139 cm³/mol. The highest BCUT2D eigenvalue weighted by atomic mass is 79.9. The molecule has 190 valence electrons. The first kappa shape index (κ1) is 25.2. The molecule has 1 saturated heterocycles. The molecule has 1 aliphatic carbocycles. The van der Waals surface area contributed by atoms with Crippen molar-refractivity contribution in [1.82, 2.24) is 15.1 Å². The fourth-order valence-corrected chi connectivity index (χ4v) is 6.11. The third-order valence-corrected chi connectivity index (χ3v) is 8.75. The Morgan fingerprint density at radius 1 is 1.22 bits per heavy atom. The first-order chi connectivity index (χ1) is 17.1. The van der Waals surface area contributed by atoms with Crippen LogP contribution in [0.3, 0.4) is 0 Å². The van der Waals surface area contributed by atoms with Crippen LogP contribution in [0.5, 0.6) is 0 Å². The number of halogens is 2. The smallest absolute Gasteiger partial charge is 0.254 e. The molecule has 2 aliphatic rings. The van der Waals surface area contributed by atoms with Gasteiger partial charge in [0.25, 0.3) is 5.91 Å². The van der Waals surface area contributed by atoms with Gasteiger partial charge in [-0.15, -0.1) is 0 Å². The Kier molecular flexibility index (Phi) is 6.64. The summed E-state index contributed by atoms with van der Waals surface area (Å²) in [5, 5.41) is 30.8. The second kappa shape index (κ2) is 9.47. The normalized spacial score (nSPS) is 24.1. The molecule has 5 rings (SSSR count). The largest absolute Gasteiger partial charge is 0.390 e. The summed E-state index contributed by atoms with van der Waals surface area (Å²) in [4.78, 5) is 15.3. The van der Waals surface area contributed by atoms with Gasteiger partial charge >= 0.3 is 0 Å². The van der Waals surface area contributed by atoms with Crippen LogP contribution in [0.25, 0.3) is 10.9 Å². The molecule has 8 heteroatoms. The van der Waals surface area contributed by atoms with Crippen LogP contribution in [-0.4, -0.2) is 55.5 Å². The molecule has 36 heavy (non-hydrogen) atoms. The number of amides is 1. The minimum atomic E-state index is -0.978. The van der Waals surface area contributed by atoms with Gasteiger partial charge < -0.3 is 15.1 Å². The molecule has 0 bridgehead atoms. The third-order valence-electron chi connectivity index (χ3n) is 8.25. The van der Waals surface area contributed by atoms with E-state index in [-0.39, 0.29) is 43.1 Å². The zero-order valence-corrected chi connectivity index (χ0v) is 22.1. The molecular weight excluding hydrogens is 525 g/mol. The van der Waals surface area contributed by atoms with Crippen LogP contribution in [0, 0.1) is 17.7 Å². The van der Waals surface area contributed by atoms with Gasteiger partial charge in [-0.2, -0.15) is 10.2 Å². The molecule has 2 heterocycles. The fraction of sp³-hybridized carbons (Fsp3) is 0.464. The molecular formula is C28H31BrFN3O3. The number of carbonyl (C=O) groups excluding carboxylic acids is 1. The summed E-state index contributed by atoms with van der Waals surface area (Å²) < 4.78 is 15.3. The monoisotopic (exact) mass is 555 g/mol. The van der Waals surface area contributed by atoms with E-state index < -0.39 is 11.2 Å². The maximum atomic E-state index is 14.6. The van der Waals surface area contributed by atoms with E-state index in [2.05, 4.69) is 26.1 Å². The van der Waals surface area contributed by atoms with Crippen LogP contribution in [0.2, 0.25) is 0 Å². The number of hydrogen-bond donors (Lipinski definition) is 2. The standard InChI is InChI=1S/C28H31BrFN3O3/c1-17(10-21-4-3-8-27(21,2)35)28(36)15-33(16-28)26(34)23-12-19-7-9-31-32-25(19)13-20(23)11-18-5-6-22(29)14-24(18)30/h5-7,9,12-14,17,21,35-36H,3-4,8,10-11,15-16H2,1-2H3/t17-,21?,27?/m1/s1. The van der Waals surface area contributed by atoms with Crippen molar-refractivity contribution in [2.24, 2.45) is 11.8 Å². The molecule has 1 aliphatic heterocycles. The van der Waals surface area contributed by atoms with Crippen LogP contribution in [0.15, 0.2) is 47.1 Å². The lowest BCUT2D eigenvalue weighted by molar-refractivity contribution is -0.125. The van der Waals surface area contributed by atoms with Crippen molar-refractivity contribution < 1.29 is 19.4 Å². The van der Waals surface area contributed by atoms with Crippen molar-refractivity contribution in [3.8, 4) is 0 Å². The van der Waals surface area contributed by atoms with Gasteiger partial charge in [0.05, 0.1) is 30.4 Å². The number of aromatic nitrogens is 2. The van der Waals surface area contributed by atoms with Gasteiger partial charge in [-0.05, 0) is 79.5 Å². The van der Waals surface area contributed by atoms with Crippen molar-refractivity contribution in [2.75, 3.05) is 13.1 Å². The SMILES string of the molecule is C[C@H](CC1CCCC1(C)O)C1(O)CN(C(=O)c2cc3ccnnc3cc2Cc2ccc(Br)cc2F)C1. The van der Waals surface area contributed by atoms with Crippen LogP contribution in [0.4, 0.5) is 4.39 Å². The summed E-state index contributed by atoms with van der Waals surface area (Å²) in [6, 6.07) is 10.3. The highest BCUT2D eigenvalue weighted by Crippen LogP contribution is 2.43. The topological polar surface area (TPSA) is 86.5 Å². The highest BCUT2D eigenvalue weighted by molar-refractivity contribution is 9.10. The minimum absolute atomic E-state index is 0.0423. The van der Waals surface area contributed by atoms with Crippen LogP contribution >= 0.6 is 15.9 Å². The summed E-state index contributed by atoms with van der Waals surface area (Å²) in [5.74, 6) is -0.419. The summed E-state index contributed by atoms with van der Waals surface area (Å²) in [6.45, 7) is 4.37. The number of β-amino-alcohol motifs (C(OH)–C–C–N with tert-alkyl or cyclic N) is 1. The molecule has 0 spiro atoms. The molecule has 1 aromatic heterocycles. The summed E-state index contributed by atoms with van der Waals surface area (Å²) in [5.41, 5.74) is 0.599. The van der Waals surface area contributed by atoms with Crippen LogP contribution in [0.1, 0.15) is 61.0 Å². The average molecular weight is 556 g/mol. The molecule has 2 fully saturated rings. The Hall–Kier alpha value is -2.42. The van der Waals surface area contributed by atoms with E-state index in [9.17, 15) is 19.4 Å². The number of carbonyl (C=O) groups is 1. The van der Waals surface area contributed by atoms with Gasteiger partial charge in [0, 0.05) is 21.8 Å². The van der Waals surface area contributed by atoms with Crippen molar-refractivity contribution in [2.45, 2.75) is 57.2 Å². The molecule has 1 amide bonds. The number of fused-ring (bicyclic) bond motifs is 1. The summed E-state index contributed by atoms with van der Waals surface area (Å²) >= 11 is 3.29. The number of nitrogens with zero attached hydrogens (tertiary/aromatic N) is 3. The van der Waals surface area contributed by atoms with E-state index >= 15 is 0 Å². The van der Waals surface area contributed by atoms with Crippen LogP contribution in [-0.2, 0) is 6.42 Å². The Balaban J connectivity index is 1.37. The number of likely N-dealkylation sites (tertiary alicyclic amines) is 1. The maximum absolute atomic E-state index is 14.6. The minimum Gasteiger partial charge on any atom is -0.390 e. The van der Waals surface area contributed by atoms with Crippen molar-refractivity contribution in [1.29, 1.82) is 0 Å². The van der Waals surface area contributed by atoms with Crippen molar-refractivity contribution >= 4 is 32.7 Å². The van der Waals surface area contributed by atoms with E-state index in [1.54, 1.807) is 41.4 Å². The number of rotatable bonds is 6. The quantitative estimate of drug-likeness (QED) is 0.452. The fourth-order valence-electron chi connectivity index (χ4n) is 5.77. The Bertz CT molecular complexity index is 1310.